The summed E-state index contributed by atoms with van der Waals surface area (Å²) < 4.78 is 8.79. The summed E-state index contributed by atoms with van der Waals surface area (Å²) in [5, 5.41) is 0. The zero-order valence-electron chi connectivity index (χ0n) is 14.8. The van der Waals surface area contributed by atoms with Crippen LogP contribution in [0.5, 0.6) is 5.75 Å². The van der Waals surface area contributed by atoms with Gasteiger partial charge in [0, 0.05) is 12.6 Å². The van der Waals surface area contributed by atoms with Crippen molar-refractivity contribution in [1.82, 2.24) is 4.57 Å². The van der Waals surface area contributed by atoms with Gasteiger partial charge < -0.3 is 9.30 Å². The molecular weight excluding hydrogens is 332 g/mol. The minimum absolute atomic E-state index is 0.249. The van der Waals surface area contributed by atoms with Gasteiger partial charge in [-0.3, -0.25) is 4.79 Å². The Kier molecular flexibility index (Phi) is 5.34. The SMILES string of the molecule is CCCCOc1cccc(C(=O)N=c2sc3cccc(C)c3n2C)c1. The quantitative estimate of drug-likeness (QED) is 0.635. The number of carbonyl (C=O) groups excluding carboxylic acids is 1. The smallest absolute Gasteiger partial charge is 0.279 e. The maximum atomic E-state index is 12.6. The van der Waals surface area contributed by atoms with Crippen LogP contribution in [0.2, 0.25) is 0 Å². The Morgan fingerprint density at radius 3 is 2.80 bits per heavy atom. The Labute approximate surface area is 151 Å². The summed E-state index contributed by atoms with van der Waals surface area (Å²) in [7, 11) is 1.95. The minimum atomic E-state index is -0.249. The Morgan fingerprint density at radius 1 is 1.24 bits per heavy atom. The van der Waals surface area contributed by atoms with Gasteiger partial charge in [-0.25, -0.2) is 0 Å². The fourth-order valence-corrected chi connectivity index (χ4v) is 3.80. The first-order valence-electron chi connectivity index (χ1n) is 8.47. The number of aromatic nitrogens is 1. The fourth-order valence-electron chi connectivity index (χ4n) is 2.71. The summed E-state index contributed by atoms with van der Waals surface area (Å²) >= 11 is 1.53. The molecule has 0 radical (unpaired) electrons. The molecule has 0 aliphatic rings. The van der Waals surface area contributed by atoms with E-state index in [-0.39, 0.29) is 5.91 Å². The number of aryl methyl sites for hydroxylation is 2. The molecule has 0 saturated carbocycles. The molecule has 0 aliphatic carbocycles. The summed E-state index contributed by atoms with van der Waals surface area (Å²) in [5.41, 5.74) is 2.84. The molecule has 0 fully saturated rings. The number of carbonyl (C=O) groups is 1. The average Bonchev–Trinajstić information content (AvgIpc) is 2.92. The second-order valence-corrected chi connectivity index (χ2v) is 7.02. The lowest BCUT2D eigenvalue weighted by Crippen LogP contribution is -2.13. The zero-order chi connectivity index (χ0) is 17.8. The molecule has 4 nitrogen and oxygen atoms in total. The molecule has 3 rings (SSSR count). The summed E-state index contributed by atoms with van der Waals surface area (Å²) in [6, 6.07) is 13.4. The van der Waals surface area contributed by atoms with Crippen LogP contribution in [0, 0.1) is 6.92 Å². The first-order valence-corrected chi connectivity index (χ1v) is 9.29. The van der Waals surface area contributed by atoms with Crippen LogP contribution in [0.3, 0.4) is 0 Å². The molecule has 1 heterocycles. The number of para-hydroxylation sites is 1. The summed E-state index contributed by atoms with van der Waals surface area (Å²) in [5.74, 6) is 0.465. The van der Waals surface area contributed by atoms with Crippen molar-refractivity contribution < 1.29 is 9.53 Å². The monoisotopic (exact) mass is 354 g/mol. The Balaban J connectivity index is 1.92. The molecule has 1 amide bonds. The lowest BCUT2D eigenvalue weighted by Gasteiger charge is -2.05. The minimum Gasteiger partial charge on any atom is -0.494 e. The highest BCUT2D eigenvalue weighted by atomic mass is 32.1. The molecule has 0 saturated heterocycles. The van der Waals surface area contributed by atoms with E-state index in [0.717, 1.165) is 23.1 Å². The van der Waals surface area contributed by atoms with Gasteiger partial charge in [-0.15, -0.1) is 0 Å². The number of unbranched alkanes of at least 4 members (excludes halogenated alkanes) is 1. The molecule has 0 N–H and O–H groups in total. The van der Waals surface area contributed by atoms with Crippen LogP contribution < -0.4 is 9.54 Å². The fraction of sp³-hybridized carbons (Fsp3) is 0.300. The third kappa shape index (κ3) is 3.82. The van der Waals surface area contributed by atoms with Gasteiger partial charge in [-0.2, -0.15) is 4.99 Å². The maximum absolute atomic E-state index is 12.6. The van der Waals surface area contributed by atoms with Gasteiger partial charge in [-0.1, -0.05) is 42.9 Å². The highest BCUT2D eigenvalue weighted by Crippen LogP contribution is 2.20. The largest absolute Gasteiger partial charge is 0.494 e. The number of benzene rings is 2. The van der Waals surface area contributed by atoms with E-state index in [9.17, 15) is 4.79 Å². The number of thiazole rings is 1. The first kappa shape index (κ1) is 17.4. The number of amides is 1. The average molecular weight is 354 g/mol. The summed E-state index contributed by atoms with van der Waals surface area (Å²) in [6.07, 6.45) is 2.08. The number of nitrogens with zero attached hydrogens (tertiary/aromatic N) is 2. The van der Waals surface area contributed by atoms with Crippen molar-refractivity contribution >= 4 is 27.5 Å². The van der Waals surface area contributed by atoms with E-state index in [4.69, 9.17) is 4.74 Å². The molecule has 0 bridgehead atoms. The highest BCUT2D eigenvalue weighted by molar-refractivity contribution is 7.16. The van der Waals surface area contributed by atoms with Gasteiger partial charge in [0.2, 0.25) is 0 Å². The van der Waals surface area contributed by atoms with Gasteiger partial charge in [0.1, 0.15) is 5.75 Å². The lowest BCUT2D eigenvalue weighted by molar-refractivity contribution is 0.0997. The van der Waals surface area contributed by atoms with Crippen molar-refractivity contribution in [3.05, 3.63) is 58.4 Å². The van der Waals surface area contributed by atoms with Gasteiger partial charge >= 0.3 is 0 Å². The van der Waals surface area contributed by atoms with Crippen molar-refractivity contribution in [2.45, 2.75) is 26.7 Å². The standard InChI is InChI=1S/C20H22N2O2S/c1-4-5-12-24-16-10-7-9-15(13-16)19(23)21-20-22(3)18-14(2)8-6-11-17(18)25-20/h6-11,13H,4-5,12H2,1-3H3. The van der Waals surface area contributed by atoms with E-state index in [0.29, 0.717) is 22.7 Å². The molecular formula is C20H22N2O2S. The number of rotatable bonds is 5. The van der Waals surface area contributed by atoms with Crippen LogP contribution in [0.15, 0.2) is 47.5 Å². The molecule has 0 atom stereocenters. The van der Waals surface area contributed by atoms with Crippen LogP contribution >= 0.6 is 11.3 Å². The highest BCUT2D eigenvalue weighted by Gasteiger charge is 2.09. The Bertz CT molecular complexity index is 969. The predicted octanol–water partition coefficient (Wildman–Crippen LogP) is 4.47. The van der Waals surface area contributed by atoms with Gasteiger partial charge in [0.25, 0.3) is 5.91 Å². The zero-order valence-corrected chi connectivity index (χ0v) is 15.6. The Morgan fingerprint density at radius 2 is 2.04 bits per heavy atom. The van der Waals surface area contributed by atoms with Crippen LogP contribution in [0.4, 0.5) is 0 Å². The molecule has 130 valence electrons. The van der Waals surface area contributed by atoms with Crippen LogP contribution in [0.1, 0.15) is 35.7 Å². The second-order valence-electron chi connectivity index (χ2n) is 6.01. The van der Waals surface area contributed by atoms with Gasteiger partial charge in [0.05, 0.1) is 16.8 Å². The lowest BCUT2D eigenvalue weighted by atomic mass is 10.2. The number of fused-ring (bicyclic) bond motifs is 1. The molecule has 1 aromatic heterocycles. The van der Waals surface area contributed by atoms with E-state index in [1.54, 1.807) is 12.1 Å². The Hall–Kier alpha value is -2.40. The van der Waals surface area contributed by atoms with Crippen LogP contribution in [-0.4, -0.2) is 17.1 Å². The summed E-state index contributed by atoms with van der Waals surface area (Å²) in [6.45, 7) is 4.85. The number of hydrogen-bond acceptors (Lipinski definition) is 3. The summed E-state index contributed by atoms with van der Waals surface area (Å²) in [4.78, 5) is 17.6. The van der Waals surface area contributed by atoms with Crippen molar-refractivity contribution in [2.24, 2.45) is 12.0 Å². The van der Waals surface area contributed by atoms with E-state index < -0.39 is 0 Å². The van der Waals surface area contributed by atoms with E-state index in [1.807, 2.05) is 29.8 Å². The topological polar surface area (TPSA) is 43.6 Å². The van der Waals surface area contributed by atoms with Gasteiger partial charge in [0.15, 0.2) is 4.80 Å². The second kappa shape index (κ2) is 7.66. The molecule has 0 unspecified atom stereocenters. The molecule has 2 aromatic carbocycles. The number of ether oxygens (including phenoxy) is 1. The molecule has 25 heavy (non-hydrogen) atoms. The molecule has 3 aromatic rings. The van der Waals surface area contributed by atoms with E-state index in [2.05, 4.69) is 31.0 Å². The third-order valence-electron chi connectivity index (χ3n) is 4.07. The van der Waals surface area contributed by atoms with Crippen molar-refractivity contribution in [3.63, 3.8) is 0 Å². The predicted molar refractivity (Wildman–Crippen MR) is 102 cm³/mol. The maximum Gasteiger partial charge on any atom is 0.279 e. The van der Waals surface area contributed by atoms with Crippen LogP contribution in [0.25, 0.3) is 10.2 Å². The van der Waals surface area contributed by atoms with E-state index in [1.165, 1.54) is 16.9 Å². The normalized spacial score (nSPS) is 11.9. The van der Waals surface area contributed by atoms with Crippen molar-refractivity contribution in [2.75, 3.05) is 6.61 Å². The molecule has 0 spiro atoms. The molecule has 5 heteroatoms. The first-order chi connectivity index (χ1) is 12.1. The number of hydrogen-bond donors (Lipinski definition) is 0. The molecule has 0 aliphatic heterocycles. The third-order valence-corrected chi connectivity index (χ3v) is 5.17. The van der Waals surface area contributed by atoms with Crippen molar-refractivity contribution in [1.29, 1.82) is 0 Å². The van der Waals surface area contributed by atoms with E-state index >= 15 is 0 Å². The van der Waals surface area contributed by atoms with Crippen molar-refractivity contribution in [3.8, 4) is 5.75 Å². The van der Waals surface area contributed by atoms with Crippen LogP contribution in [-0.2, 0) is 7.05 Å². The van der Waals surface area contributed by atoms with Gasteiger partial charge in [-0.05, 0) is 43.2 Å².